The van der Waals surface area contributed by atoms with Gasteiger partial charge in [-0.15, -0.1) is 0 Å². The highest BCUT2D eigenvalue weighted by molar-refractivity contribution is 6.32. The molecule has 182 valence electrons. The van der Waals surface area contributed by atoms with Crippen LogP contribution in [0.5, 0.6) is 11.5 Å². The molecule has 0 unspecified atom stereocenters. The third-order valence-electron chi connectivity index (χ3n) is 6.12. The number of aromatic nitrogens is 2. The molecule has 0 radical (unpaired) electrons. The summed E-state index contributed by atoms with van der Waals surface area (Å²) in [6, 6.07) is 15.9. The molecule has 0 spiro atoms. The number of aryl methyl sites for hydroxylation is 3. The molecule has 1 aliphatic heterocycles. The number of likely N-dealkylation sites (tertiary alicyclic amines) is 1. The predicted molar refractivity (Wildman–Crippen MR) is 135 cm³/mol. The fraction of sp³-hybridized carbons (Fsp3) is 0.444. The molecule has 2 heterocycles. The van der Waals surface area contributed by atoms with E-state index in [1.807, 2.05) is 61.1 Å². The summed E-state index contributed by atoms with van der Waals surface area (Å²) in [6.45, 7) is 8.04. The van der Waals surface area contributed by atoms with Gasteiger partial charge in [0, 0.05) is 32.3 Å². The lowest BCUT2D eigenvalue weighted by molar-refractivity contribution is -0.0620. The van der Waals surface area contributed by atoms with Gasteiger partial charge in [0.05, 0.1) is 17.3 Å². The number of nitrogens with zero attached hydrogens (tertiary/aromatic N) is 3. The Morgan fingerprint density at radius 3 is 2.68 bits per heavy atom. The first-order valence-electron chi connectivity index (χ1n) is 11.9. The standard InChI is InChI=1S/C27H34ClN3O3/c1-21-5-10-25(28)26(17-21)34-20-27(32)12-3-13-30(19-27)18-23-6-8-24(9-7-23)33-16-4-14-31-15-11-22(2)29-31/h5-11,15,17,32H,3-4,12-14,16,18-20H2,1-2H3/t27-/m1/s1. The van der Waals surface area contributed by atoms with E-state index in [0.717, 1.165) is 55.9 Å². The molecule has 0 amide bonds. The molecule has 7 heteroatoms. The number of hydrogen-bond acceptors (Lipinski definition) is 5. The Morgan fingerprint density at radius 2 is 1.91 bits per heavy atom. The maximum absolute atomic E-state index is 11.2. The minimum absolute atomic E-state index is 0.234. The molecule has 0 aliphatic carbocycles. The predicted octanol–water partition coefficient (Wildman–Crippen LogP) is 5.03. The van der Waals surface area contributed by atoms with Crippen molar-refractivity contribution in [1.82, 2.24) is 14.7 Å². The zero-order chi connectivity index (χ0) is 24.0. The summed E-state index contributed by atoms with van der Waals surface area (Å²) < 4.78 is 13.7. The van der Waals surface area contributed by atoms with Gasteiger partial charge in [0.2, 0.25) is 0 Å². The Balaban J connectivity index is 1.23. The molecule has 3 aromatic rings. The molecule has 1 aromatic heterocycles. The topological polar surface area (TPSA) is 59.8 Å². The second-order valence-corrected chi connectivity index (χ2v) is 9.73. The van der Waals surface area contributed by atoms with Crippen LogP contribution in [0.25, 0.3) is 0 Å². The van der Waals surface area contributed by atoms with Gasteiger partial charge in [-0.2, -0.15) is 5.10 Å². The molecular formula is C27H34ClN3O3. The first-order valence-corrected chi connectivity index (χ1v) is 12.3. The highest BCUT2D eigenvalue weighted by Crippen LogP contribution is 2.29. The van der Waals surface area contributed by atoms with Gasteiger partial charge in [-0.1, -0.05) is 29.8 Å². The summed E-state index contributed by atoms with van der Waals surface area (Å²) in [5.74, 6) is 1.50. The summed E-state index contributed by atoms with van der Waals surface area (Å²) in [5, 5.41) is 16.1. The summed E-state index contributed by atoms with van der Waals surface area (Å²) in [6.07, 6.45) is 4.55. The minimum atomic E-state index is -0.887. The van der Waals surface area contributed by atoms with Gasteiger partial charge in [0.25, 0.3) is 0 Å². The largest absolute Gasteiger partial charge is 0.494 e. The smallest absolute Gasteiger partial charge is 0.138 e. The van der Waals surface area contributed by atoms with Crippen LogP contribution in [0.1, 0.15) is 36.1 Å². The molecule has 1 aliphatic rings. The van der Waals surface area contributed by atoms with Crippen LogP contribution < -0.4 is 9.47 Å². The number of aliphatic hydroxyl groups is 1. The monoisotopic (exact) mass is 483 g/mol. The number of ether oxygens (including phenoxy) is 2. The third kappa shape index (κ3) is 6.98. The van der Waals surface area contributed by atoms with Gasteiger partial charge in [-0.3, -0.25) is 9.58 Å². The Kier molecular flexibility index (Phi) is 8.14. The molecule has 1 saturated heterocycles. The SMILES string of the molecule is Cc1ccc(Cl)c(OC[C@@]2(O)CCCN(Cc3ccc(OCCCn4ccc(C)n4)cc3)C2)c1. The van der Waals surface area contributed by atoms with Gasteiger partial charge < -0.3 is 14.6 Å². The van der Waals surface area contributed by atoms with Crippen molar-refractivity contribution in [3.8, 4) is 11.5 Å². The van der Waals surface area contributed by atoms with E-state index in [1.165, 1.54) is 5.56 Å². The van der Waals surface area contributed by atoms with Gasteiger partial charge in [-0.05, 0) is 74.7 Å². The second kappa shape index (κ2) is 11.3. The molecule has 1 atom stereocenters. The summed E-state index contributed by atoms with van der Waals surface area (Å²) in [5.41, 5.74) is 2.43. The van der Waals surface area contributed by atoms with Crippen molar-refractivity contribution >= 4 is 11.6 Å². The van der Waals surface area contributed by atoms with Gasteiger partial charge >= 0.3 is 0 Å². The summed E-state index contributed by atoms with van der Waals surface area (Å²) in [7, 11) is 0. The number of β-amino-alcohol motifs (C(OH)–C–C–N with tert-alkyl or cyclic N) is 1. The van der Waals surface area contributed by atoms with Crippen LogP contribution in [0, 0.1) is 13.8 Å². The molecule has 4 rings (SSSR count). The number of hydrogen-bond donors (Lipinski definition) is 1. The van der Waals surface area contributed by atoms with E-state index < -0.39 is 5.60 Å². The highest BCUT2D eigenvalue weighted by atomic mass is 35.5. The van der Waals surface area contributed by atoms with Crippen LogP contribution >= 0.6 is 11.6 Å². The second-order valence-electron chi connectivity index (χ2n) is 9.33. The lowest BCUT2D eigenvalue weighted by atomic mass is 9.93. The molecule has 2 aromatic carbocycles. The van der Waals surface area contributed by atoms with Gasteiger partial charge in [-0.25, -0.2) is 0 Å². The number of halogens is 1. The van der Waals surface area contributed by atoms with E-state index in [2.05, 4.69) is 22.1 Å². The quantitative estimate of drug-likeness (QED) is 0.410. The van der Waals surface area contributed by atoms with Crippen LogP contribution in [0.3, 0.4) is 0 Å². The van der Waals surface area contributed by atoms with Crippen molar-refractivity contribution in [3.63, 3.8) is 0 Å². The number of benzene rings is 2. The first kappa shape index (κ1) is 24.6. The van der Waals surface area contributed by atoms with Crippen molar-refractivity contribution in [2.24, 2.45) is 0 Å². The molecular weight excluding hydrogens is 450 g/mol. The van der Waals surface area contributed by atoms with E-state index in [1.54, 1.807) is 0 Å². The Labute approximate surface area is 207 Å². The van der Waals surface area contributed by atoms with E-state index in [-0.39, 0.29) is 6.61 Å². The molecule has 0 saturated carbocycles. The highest BCUT2D eigenvalue weighted by Gasteiger charge is 2.34. The molecule has 6 nitrogen and oxygen atoms in total. The average molecular weight is 484 g/mol. The van der Waals surface area contributed by atoms with E-state index in [9.17, 15) is 5.11 Å². The lowest BCUT2D eigenvalue weighted by Crippen LogP contribution is -2.51. The Hall–Kier alpha value is -2.54. The van der Waals surface area contributed by atoms with E-state index in [4.69, 9.17) is 21.1 Å². The molecule has 1 fully saturated rings. The summed E-state index contributed by atoms with van der Waals surface area (Å²) in [4.78, 5) is 2.28. The third-order valence-corrected chi connectivity index (χ3v) is 6.43. The van der Waals surface area contributed by atoms with Crippen molar-refractivity contribution in [1.29, 1.82) is 0 Å². The summed E-state index contributed by atoms with van der Waals surface area (Å²) >= 11 is 6.25. The molecule has 0 bridgehead atoms. The average Bonchev–Trinajstić information content (AvgIpc) is 3.23. The van der Waals surface area contributed by atoms with Crippen molar-refractivity contribution in [2.45, 2.75) is 51.8 Å². The molecule has 34 heavy (non-hydrogen) atoms. The Morgan fingerprint density at radius 1 is 1.09 bits per heavy atom. The first-order chi connectivity index (χ1) is 16.4. The van der Waals surface area contributed by atoms with Crippen LogP contribution in [-0.2, 0) is 13.1 Å². The van der Waals surface area contributed by atoms with Crippen LogP contribution in [0.15, 0.2) is 54.7 Å². The van der Waals surface area contributed by atoms with Crippen molar-refractivity contribution in [3.05, 3.63) is 76.6 Å². The van der Waals surface area contributed by atoms with Crippen LogP contribution in [0.4, 0.5) is 0 Å². The number of rotatable bonds is 10. The molecule has 1 N–H and O–H groups in total. The normalized spacial score (nSPS) is 18.7. The van der Waals surface area contributed by atoms with Crippen LogP contribution in [0.2, 0.25) is 5.02 Å². The van der Waals surface area contributed by atoms with Gasteiger partial charge in [0.1, 0.15) is 23.7 Å². The maximum atomic E-state index is 11.2. The van der Waals surface area contributed by atoms with E-state index >= 15 is 0 Å². The number of piperidine rings is 1. The van der Waals surface area contributed by atoms with E-state index in [0.29, 0.717) is 23.9 Å². The fourth-order valence-electron chi connectivity index (χ4n) is 4.35. The fourth-order valence-corrected chi connectivity index (χ4v) is 4.52. The minimum Gasteiger partial charge on any atom is -0.494 e. The zero-order valence-corrected chi connectivity index (χ0v) is 20.8. The van der Waals surface area contributed by atoms with Crippen molar-refractivity contribution < 1.29 is 14.6 Å². The maximum Gasteiger partial charge on any atom is 0.138 e. The lowest BCUT2D eigenvalue weighted by Gasteiger charge is -2.39. The van der Waals surface area contributed by atoms with Gasteiger partial charge in [0.15, 0.2) is 0 Å². The van der Waals surface area contributed by atoms with Crippen molar-refractivity contribution in [2.75, 3.05) is 26.3 Å². The zero-order valence-electron chi connectivity index (χ0n) is 20.0. The Bertz CT molecular complexity index is 1070. The van der Waals surface area contributed by atoms with Crippen LogP contribution in [-0.4, -0.2) is 51.7 Å².